The number of alkyl halides is 2. The van der Waals surface area contributed by atoms with Gasteiger partial charge in [-0.15, -0.1) is 0 Å². The average molecular weight is 320 g/mol. The second-order valence-corrected chi connectivity index (χ2v) is 9.13. The van der Waals surface area contributed by atoms with E-state index in [1.165, 1.54) is 51.4 Å². The van der Waals surface area contributed by atoms with Gasteiger partial charge in [0, 0.05) is 8.65 Å². The van der Waals surface area contributed by atoms with Crippen LogP contribution in [-0.2, 0) is 0 Å². The summed E-state index contributed by atoms with van der Waals surface area (Å²) in [4.78, 5) is 0. The lowest BCUT2D eigenvalue weighted by Crippen LogP contribution is -2.37. The van der Waals surface area contributed by atoms with Gasteiger partial charge in [0.25, 0.3) is 0 Å². The van der Waals surface area contributed by atoms with E-state index in [0.29, 0.717) is 19.5 Å². The van der Waals surface area contributed by atoms with Crippen molar-refractivity contribution in [2.45, 2.75) is 60.0 Å². The van der Waals surface area contributed by atoms with Gasteiger partial charge in [0.05, 0.1) is 0 Å². The van der Waals surface area contributed by atoms with E-state index in [2.05, 4.69) is 31.9 Å². The second kappa shape index (κ2) is 2.16. The van der Waals surface area contributed by atoms with E-state index in [1.807, 2.05) is 0 Å². The maximum absolute atomic E-state index is 4.14. The number of hydrogen-bond donors (Lipinski definition) is 0. The third-order valence-electron chi connectivity index (χ3n) is 6.42. The van der Waals surface area contributed by atoms with Crippen molar-refractivity contribution in [3.05, 3.63) is 0 Å². The Bertz CT molecular complexity index is 272. The van der Waals surface area contributed by atoms with E-state index in [0.717, 1.165) is 0 Å². The third-order valence-corrected chi connectivity index (χ3v) is 9.53. The van der Waals surface area contributed by atoms with Crippen molar-refractivity contribution in [3.63, 3.8) is 0 Å². The Morgan fingerprint density at radius 1 is 0.500 bits per heavy atom. The summed E-state index contributed by atoms with van der Waals surface area (Å²) in [6.07, 6.45) is 11.7. The molecule has 4 aliphatic rings. The maximum Gasteiger partial charge on any atom is 0.0320 e. The van der Waals surface area contributed by atoms with Crippen molar-refractivity contribution in [2.24, 2.45) is 10.8 Å². The topological polar surface area (TPSA) is 0 Å². The quantitative estimate of drug-likeness (QED) is 0.580. The molecule has 2 heteroatoms. The first-order valence-electron chi connectivity index (χ1n) is 5.96. The molecular formula is C12H16Br2. The van der Waals surface area contributed by atoms with E-state index in [4.69, 9.17) is 0 Å². The van der Waals surface area contributed by atoms with Gasteiger partial charge in [-0.05, 0) is 62.2 Å². The molecular weight excluding hydrogens is 304 g/mol. The van der Waals surface area contributed by atoms with E-state index in [1.54, 1.807) is 0 Å². The lowest BCUT2D eigenvalue weighted by atomic mass is 9.71. The largest absolute Gasteiger partial charge is 0.0847 e. The molecule has 0 aliphatic heterocycles. The van der Waals surface area contributed by atoms with Crippen molar-refractivity contribution in [1.82, 2.24) is 0 Å². The summed E-state index contributed by atoms with van der Waals surface area (Å²) in [6, 6.07) is 0. The molecule has 4 fully saturated rings. The van der Waals surface area contributed by atoms with Gasteiger partial charge in [0.15, 0.2) is 0 Å². The smallest absolute Gasteiger partial charge is 0.0320 e. The first-order chi connectivity index (χ1) is 6.58. The Hall–Kier alpha value is 0.960. The summed E-state index contributed by atoms with van der Waals surface area (Å²) in [5.74, 6) is 0. The maximum atomic E-state index is 4.14. The molecule has 0 heterocycles. The molecule has 0 spiro atoms. The number of hydrogen-bond acceptors (Lipinski definition) is 0. The summed E-state index contributed by atoms with van der Waals surface area (Å²) in [5.41, 5.74) is 1.40. The van der Waals surface area contributed by atoms with Gasteiger partial charge in [-0.25, -0.2) is 0 Å². The van der Waals surface area contributed by atoms with Gasteiger partial charge >= 0.3 is 0 Å². The summed E-state index contributed by atoms with van der Waals surface area (Å²) >= 11 is 8.27. The van der Waals surface area contributed by atoms with Crippen LogP contribution in [0.1, 0.15) is 51.4 Å². The zero-order chi connectivity index (χ0) is 9.66. The van der Waals surface area contributed by atoms with Crippen molar-refractivity contribution in [1.29, 1.82) is 0 Å². The second-order valence-electron chi connectivity index (χ2n) is 6.09. The molecule has 0 atom stereocenters. The fourth-order valence-electron chi connectivity index (χ4n) is 5.81. The Balaban J connectivity index is 2.01. The van der Waals surface area contributed by atoms with Crippen molar-refractivity contribution < 1.29 is 0 Å². The third kappa shape index (κ3) is 0.592. The van der Waals surface area contributed by atoms with Gasteiger partial charge in [-0.1, -0.05) is 31.9 Å². The van der Waals surface area contributed by atoms with Crippen LogP contribution in [0.25, 0.3) is 0 Å². The summed E-state index contributed by atoms with van der Waals surface area (Å²) < 4.78 is 1.10. The minimum atomic E-state index is 0.548. The van der Waals surface area contributed by atoms with Crippen molar-refractivity contribution in [2.75, 3.05) is 0 Å². The molecule has 14 heavy (non-hydrogen) atoms. The standard InChI is InChI=1S/C12H16Br2/c13-11-5-1-9(2-6-11)10(11)3-7-12(9,14)8-4-10/h1-8H2. The van der Waals surface area contributed by atoms with E-state index >= 15 is 0 Å². The lowest BCUT2D eigenvalue weighted by molar-refractivity contribution is 0.169. The lowest BCUT2D eigenvalue weighted by Gasteiger charge is -2.38. The van der Waals surface area contributed by atoms with Crippen LogP contribution in [0.4, 0.5) is 0 Å². The highest BCUT2D eigenvalue weighted by atomic mass is 79.9. The Labute approximate surface area is 102 Å². The van der Waals surface area contributed by atoms with Crippen molar-refractivity contribution in [3.8, 4) is 0 Å². The van der Waals surface area contributed by atoms with Crippen LogP contribution >= 0.6 is 31.9 Å². The molecule has 0 radical (unpaired) electrons. The molecule has 0 saturated heterocycles. The number of halogens is 2. The zero-order valence-electron chi connectivity index (χ0n) is 8.41. The van der Waals surface area contributed by atoms with Crippen LogP contribution in [0.2, 0.25) is 0 Å². The average Bonchev–Trinajstić information content (AvgIpc) is 2.74. The van der Waals surface area contributed by atoms with Gasteiger partial charge in [0.1, 0.15) is 0 Å². The molecule has 4 saturated carbocycles. The van der Waals surface area contributed by atoms with Crippen LogP contribution in [0.3, 0.4) is 0 Å². The molecule has 4 aliphatic carbocycles. The van der Waals surface area contributed by atoms with E-state index in [9.17, 15) is 0 Å². The summed E-state index contributed by atoms with van der Waals surface area (Å²) in [6.45, 7) is 0. The highest BCUT2D eigenvalue weighted by molar-refractivity contribution is 9.10. The highest BCUT2D eigenvalue weighted by Crippen LogP contribution is 2.87. The fraction of sp³-hybridized carbons (Fsp3) is 1.00. The van der Waals surface area contributed by atoms with Crippen LogP contribution in [0.15, 0.2) is 0 Å². The first kappa shape index (κ1) is 9.04. The monoisotopic (exact) mass is 318 g/mol. The molecule has 0 amide bonds. The fourth-order valence-corrected chi connectivity index (χ4v) is 8.16. The van der Waals surface area contributed by atoms with Crippen LogP contribution in [0, 0.1) is 10.8 Å². The van der Waals surface area contributed by atoms with Gasteiger partial charge in [0.2, 0.25) is 0 Å². The molecule has 0 nitrogen and oxygen atoms in total. The normalized spacial score (nSPS) is 69.0. The molecule has 4 bridgehead atoms. The van der Waals surface area contributed by atoms with Gasteiger partial charge < -0.3 is 0 Å². The predicted molar refractivity (Wildman–Crippen MR) is 65.1 cm³/mol. The highest BCUT2D eigenvalue weighted by Gasteiger charge is 2.81. The van der Waals surface area contributed by atoms with Crippen LogP contribution in [-0.4, -0.2) is 8.65 Å². The Morgan fingerprint density at radius 2 is 0.786 bits per heavy atom. The van der Waals surface area contributed by atoms with Crippen molar-refractivity contribution >= 4 is 31.9 Å². The van der Waals surface area contributed by atoms with E-state index in [-0.39, 0.29) is 0 Å². The minimum Gasteiger partial charge on any atom is -0.0847 e. The predicted octanol–water partition coefficient (Wildman–Crippen LogP) is 4.40. The zero-order valence-corrected chi connectivity index (χ0v) is 11.6. The molecule has 0 N–H and O–H groups in total. The van der Waals surface area contributed by atoms with Gasteiger partial charge in [-0.2, -0.15) is 0 Å². The minimum absolute atomic E-state index is 0.548. The molecule has 0 aromatic heterocycles. The Kier molecular flexibility index (Phi) is 1.39. The first-order valence-corrected chi connectivity index (χ1v) is 7.54. The van der Waals surface area contributed by atoms with E-state index < -0.39 is 0 Å². The molecule has 0 aromatic rings. The molecule has 78 valence electrons. The van der Waals surface area contributed by atoms with Crippen LogP contribution in [0.5, 0.6) is 0 Å². The molecule has 0 aromatic carbocycles. The van der Waals surface area contributed by atoms with Crippen LogP contribution < -0.4 is 0 Å². The SMILES string of the molecule is BrC12CCC3(CC1)C1(Br)CCC23CC1. The number of rotatable bonds is 0. The summed E-state index contributed by atoms with van der Waals surface area (Å²) in [5, 5.41) is 0. The van der Waals surface area contributed by atoms with Gasteiger partial charge in [-0.3, -0.25) is 0 Å². The molecule has 0 unspecified atom stereocenters. The Morgan fingerprint density at radius 3 is 1.07 bits per heavy atom. The summed E-state index contributed by atoms with van der Waals surface area (Å²) in [7, 11) is 0. The molecule has 4 rings (SSSR count).